The van der Waals surface area contributed by atoms with Gasteiger partial charge >= 0.3 is 5.97 Å². The maximum Gasteiger partial charge on any atom is 0.337 e. The molecule has 0 aliphatic heterocycles. The zero-order valence-corrected chi connectivity index (χ0v) is 18.0. The molecule has 0 saturated carbocycles. The van der Waals surface area contributed by atoms with Gasteiger partial charge in [-0.3, -0.25) is 0 Å². The zero-order chi connectivity index (χ0) is 20.8. The average molecular weight is 477 g/mol. The summed E-state index contributed by atoms with van der Waals surface area (Å²) in [7, 11) is 0. The summed E-state index contributed by atoms with van der Waals surface area (Å²) in [4.78, 5) is 16.2. The van der Waals surface area contributed by atoms with Crippen molar-refractivity contribution in [2.24, 2.45) is 0 Å². The van der Waals surface area contributed by atoms with E-state index in [4.69, 9.17) is 21.1 Å². The predicted molar refractivity (Wildman–Crippen MR) is 116 cm³/mol. The lowest BCUT2D eigenvalue weighted by molar-refractivity contribution is 0.0693. The number of aromatic nitrogens is 1. The first-order chi connectivity index (χ1) is 14.0. The molecule has 0 atom stereocenters. The molecule has 1 N–H and O–H groups in total. The van der Waals surface area contributed by atoms with Crippen LogP contribution in [0.25, 0.3) is 11.3 Å². The number of hydrogen-bond acceptors (Lipinski definition) is 4. The van der Waals surface area contributed by atoms with E-state index in [1.165, 1.54) is 6.07 Å². The van der Waals surface area contributed by atoms with E-state index in [2.05, 4.69) is 20.9 Å². The summed E-state index contributed by atoms with van der Waals surface area (Å²) in [5.74, 6) is 0.158. The fourth-order valence-corrected chi connectivity index (χ4v) is 3.24. The SMILES string of the molecule is CCCOc1cc(Cl)ccc1-c1ccc(C(=O)O)c(COc2cccc(Br)c2)n1. The molecule has 5 nitrogen and oxygen atoms in total. The summed E-state index contributed by atoms with van der Waals surface area (Å²) in [5.41, 5.74) is 1.74. The molecule has 2 aromatic carbocycles. The Kier molecular flexibility index (Phi) is 7.12. The van der Waals surface area contributed by atoms with Crippen molar-refractivity contribution in [2.45, 2.75) is 20.0 Å². The van der Waals surface area contributed by atoms with Crippen molar-refractivity contribution in [2.75, 3.05) is 6.61 Å². The Morgan fingerprint density at radius 2 is 1.97 bits per heavy atom. The molecular formula is C22H19BrClNO4. The minimum Gasteiger partial charge on any atom is -0.493 e. The summed E-state index contributed by atoms with van der Waals surface area (Å²) in [6.45, 7) is 2.57. The molecule has 0 saturated heterocycles. The summed E-state index contributed by atoms with van der Waals surface area (Å²) in [6, 6.07) is 15.8. The molecule has 0 unspecified atom stereocenters. The number of carboxylic acids is 1. The van der Waals surface area contributed by atoms with Crippen LogP contribution < -0.4 is 9.47 Å². The molecule has 0 aliphatic rings. The average Bonchev–Trinajstić information content (AvgIpc) is 2.70. The van der Waals surface area contributed by atoms with E-state index in [0.717, 1.165) is 16.5 Å². The molecule has 0 aliphatic carbocycles. The Morgan fingerprint density at radius 1 is 1.14 bits per heavy atom. The number of pyridine rings is 1. The van der Waals surface area contributed by atoms with Crippen molar-refractivity contribution >= 4 is 33.5 Å². The molecule has 3 rings (SSSR count). The van der Waals surface area contributed by atoms with Gasteiger partial charge in [0.1, 0.15) is 18.1 Å². The van der Waals surface area contributed by atoms with Crippen molar-refractivity contribution in [3.05, 3.63) is 75.4 Å². The minimum atomic E-state index is -1.06. The number of carboxylic acid groups (broad SMARTS) is 1. The molecule has 0 fully saturated rings. The molecule has 0 amide bonds. The van der Waals surface area contributed by atoms with E-state index in [1.807, 2.05) is 25.1 Å². The third-order valence-electron chi connectivity index (χ3n) is 4.06. The highest BCUT2D eigenvalue weighted by Gasteiger charge is 2.16. The second-order valence-corrected chi connectivity index (χ2v) is 7.58. The van der Waals surface area contributed by atoms with E-state index in [0.29, 0.717) is 34.5 Å². The van der Waals surface area contributed by atoms with Crippen molar-refractivity contribution in [3.63, 3.8) is 0 Å². The third-order valence-corrected chi connectivity index (χ3v) is 4.79. The highest BCUT2D eigenvalue weighted by Crippen LogP contribution is 2.32. The Hall–Kier alpha value is -2.57. The first-order valence-corrected chi connectivity index (χ1v) is 10.2. The van der Waals surface area contributed by atoms with Gasteiger partial charge in [0.25, 0.3) is 0 Å². The highest BCUT2D eigenvalue weighted by molar-refractivity contribution is 9.10. The molecule has 1 heterocycles. The van der Waals surface area contributed by atoms with Crippen LogP contribution in [0.3, 0.4) is 0 Å². The molecule has 3 aromatic rings. The number of aromatic carboxylic acids is 1. The van der Waals surface area contributed by atoms with E-state index in [1.54, 1.807) is 30.3 Å². The maximum absolute atomic E-state index is 11.6. The predicted octanol–water partition coefficient (Wildman–Crippen LogP) is 6.23. The van der Waals surface area contributed by atoms with Crippen molar-refractivity contribution in [1.29, 1.82) is 0 Å². The summed E-state index contributed by atoms with van der Waals surface area (Å²) < 4.78 is 12.4. The van der Waals surface area contributed by atoms with Gasteiger partial charge in [0.05, 0.1) is 23.6 Å². The van der Waals surface area contributed by atoms with Crippen LogP contribution in [0.5, 0.6) is 11.5 Å². The van der Waals surface area contributed by atoms with Gasteiger partial charge in [-0.2, -0.15) is 0 Å². The van der Waals surface area contributed by atoms with Crippen LogP contribution in [0.2, 0.25) is 5.02 Å². The van der Waals surface area contributed by atoms with Gasteiger partial charge in [0.15, 0.2) is 0 Å². The number of hydrogen-bond donors (Lipinski definition) is 1. The quantitative estimate of drug-likeness (QED) is 0.417. The van der Waals surface area contributed by atoms with Crippen LogP contribution in [0, 0.1) is 0 Å². The Labute approximate surface area is 182 Å². The Morgan fingerprint density at radius 3 is 2.69 bits per heavy atom. The fourth-order valence-electron chi connectivity index (χ4n) is 2.70. The van der Waals surface area contributed by atoms with Crippen LogP contribution in [0.15, 0.2) is 59.1 Å². The molecule has 29 heavy (non-hydrogen) atoms. The number of carbonyl (C=O) groups is 1. The monoisotopic (exact) mass is 475 g/mol. The van der Waals surface area contributed by atoms with Gasteiger partial charge in [-0.1, -0.05) is 40.5 Å². The van der Waals surface area contributed by atoms with Crippen LogP contribution in [0.4, 0.5) is 0 Å². The maximum atomic E-state index is 11.6. The van der Waals surface area contributed by atoms with E-state index in [-0.39, 0.29) is 12.2 Å². The van der Waals surface area contributed by atoms with Gasteiger partial charge in [0.2, 0.25) is 0 Å². The van der Waals surface area contributed by atoms with E-state index < -0.39 is 5.97 Å². The Balaban J connectivity index is 1.95. The number of nitrogens with zero attached hydrogens (tertiary/aromatic N) is 1. The molecule has 7 heteroatoms. The molecule has 0 bridgehead atoms. The minimum absolute atomic E-state index is 0.0185. The van der Waals surface area contributed by atoms with Crippen LogP contribution >= 0.6 is 27.5 Å². The number of benzene rings is 2. The molecule has 1 aromatic heterocycles. The highest BCUT2D eigenvalue weighted by atomic mass is 79.9. The molecule has 0 spiro atoms. The van der Waals surface area contributed by atoms with Crippen LogP contribution in [-0.4, -0.2) is 22.7 Å². The summed E-state index contributed by atoms with van der Waals surface area (Å²) >= 11 is 9.50. The van der Waals surface area contributed by atoms with Crippen LogP contribution in [0.1, 0.15) is 29.4 Å². The van der Waals surface area contributed by atoms with Crippen molar-refractivity contribution in [3.8, 4) is 22.8 Å². The Bertz CT molecular complexity index is 1030. The van der Waals surface area contributed by atoms with Gasteiger partial charge in [-0.15, -0.1) is 0 Å². The smallest absolute Gasteiger partial charge is 0.337 e. The van der Waals surface area contributed by atoms with Gasteiger partial charge in [0, 0.05) is 15.1 Å². The van der Waals surface area contributed by atoms with Gasteiger partial charge in [-0.05, 0) is 55.0 Å². The van der Waals surface area contributed by atoms with Gasteiger partial charge < -0.3 is 14.6 Å². The second-order valence-electron chi connectivity index (χ2n) is 6.23. The van der Waals surface area contributed by atoms with E-state index >= 15 is 0 Å². The van der Waals surface area contributed by atoms with Gasteiger partial charge in [-0.25, -0.2) is 9.78 Å². The lowest BCUT2D eigenvalue weighted by Crippen LogP contribution is -2.09. The normalized spacial score (nSPS) is 10.6. The fraction of sp³-hybridized carbons (Fsp3) is 0.182. The third kappa shape index (κ3) is 5.49. The lowest BCUT2D eigenvalue weighted by atomic mass is 10.1. The number of halogens is 2. The topological polar surface area (TPSA) is 68.7 Å². The molecule has 0 radical (unpaired) electrons. The number of rotatable bonds is 8. The van der Waals surface area contributed by atoms with Crippen molar-refractivity contribution in [1.82, 2.24) is 4.98 Å². The first-order valence-electron chi connectivity index (χ1n) is 9.02. The largest absolute Gasteiger partial charge is 0.493 e. The second kappa shape index (κ2) is 9.76. The van der Waals surface area contributed by atoms with Crippen LogP contribution in [-0.2, 0) is 6.61 Å². The lowest BCUT2D eigenvalue weighted by Gasteiger charge is -2.14. The van der Waals surface area contributed by atoms with E-state index in [9.17, 15) is 9.90 Å². The first kappa shape index (κ1) is 21.1. The molecule has 150 valence electrons. The standard InChI is InChI=1S/C22H19BrClNO4/c1-2-10-28-21-12-15(24)6-7-17(21)19-9-8-18(22(26)27)20(25-19)13-29-16-5-3-4-14(23)11-16/h3-9,11-12H,2,10,13H2,1H3,(H,26,27). The number of ether oxygens (including phenoxy) is 2. The van der Waals surface area contributed by atoms with Crippen molar-refractivity contribution < 1.29 is 19.4 Å². The molecular weight excluding hydrogens is 458 g/mol. The summed E-state index contributed by atoms with van der Waals surface area (Å²) in [5, 5.41) is 10.1. The zero-order valence-electron chi connectivity index (χ0n) is 15.7. The summed E-state index contributed by atoms with van der Waals surface area (Å²) in [6.07, 6.45) is 0.850.